The molecule has 0 unspecified atom stereocenters. The van der Waals surface area contributed by atoms with Crippen molar-refractivity contribution in [1.82, 2.24) is 19.7 Å². The van der Waals surface area contributed by atoms with E-state index in [4.69, 9.17) is 14.1 Å². The SMILES string of the molecule is CC(C)CCn1nc(CO)cc1Nc1nccc(-c2cc(C#N)c3c(c2)[C@@](C)(CO[Si](C)(C)C(C)(C)C)CN3C(=O)OC(C)(C)C)n1. The minimum absolute atomic E-state index is 0.00176. The number of hydrogen-bond donors (Lipinski definition) is 2. The fraction of sp³-hybridized carbons (Fsp3) is 0.571. The fourth-order valence-corrected chi connectivity index (χ4v) is 6.29. The first kappa shape index (κ1) is 36.1. The van der Waals surface area contributed by atoms with Gasteiger partial charge >= 0.3 is 6.09 Å². The Hall–Kier alpha value is -3.79. The van der Waals surface area contributed by atoms with E-state index >= 15 is 0 Å². The maximum absolute atomic E-state index is 13.6. The Morgan fingerprint density at radius 3 is 2.49 bits per heavy atom. The molecule has 254 valence electrons. The summed E-state index contributed by atoms with van der Waals surface area (Å²) in [6.07, 6.45) is 2.09. The Kier molecular flexibility index (Phi) is 10.3. The minimum atomic E-state index is -2.14. The fourth-order valence-electron chi connectivity index (χ4n) is 5.18. The molecule has 0 bridgehead atoms. The zero-order chi connectivity index (χ0) is 34.9. The predicted molar refractivity (Wildman–Crippen MR) is 187 cm³/mol. The van der Waals surface area contributed by atoms with Crippen molar-refractivity contribution in [3.63, 3.8) is 0 Å². The van der Waals surface area contributed by atoms with Gasteiger partial charge in [0.15, 0.2) is 8.32 Å². The van der Waals surface area contributed by atoms with Gasteiger partial charge in [-0.05, 0) is 75.0 Å². The van der Waals surface area contributed by atoms with Crippen LogP contribution in [0, 0.1) is 17.2 Å². The molecule has 0 saturated heterocycles. The number of carbonyl (C=O) groups excluding carboxylic acids is 1. The Morgan fingerprint density at radius 1 is 1.19 bits per heavy atom. The molecule has 1 aliphatic rings. The van der Waals surface area contributed by atoms with Crippen LogP contribution in [0.25, 0.3) is 11.3 Å². The van der Waals surface area contributed by atoms with Crippen molar-refractivity contribution in [3.8, 4) is 17.3 Å². The number of carbonyl (C=O) groups is 1. The number of nitrogens with zero attached hydrogens (tertiary/aromatic N) is 6. The Morgan fingerprint density at radius 2 is 1.89 bits per heavy atom. The highest BCUT2D eigenvalue weighted by molar-refractivity contribution is 6.74. The van der Waals surface area contributed by atoms with Gasteiger partial charge in [0.2, 0.25) is 5.95 Å². The van der Waals surface area contributed by atoms with E-state index < -0.39 is 25.4 Å². The molecule has 11 nitrogen and oxygen atoms in total. The van der Waals surface area contributed by atoms with Gasteiger partial charge in [-0.1, -0.05) is 41.5 Å². The van der Waals surface area contributed by atoms with E-state index in [0.717, 1.165) is 17.5 Å². The number of benzene rings is 1. The normalized spacial score (nSPS) is 16.7. The third-order valence-electron chi connectivity index (χ3n) is 8.93. The third kappa shape index (κ3) is 8.20. The van der Waals surface area contributed by atoms with Crippen molar-refractivity contribution >= 4 is 31.9 Å². The van der Waals surface area contributed by atoms with E-state index in [-0.39, 0.29) is 11.6 Å². The van der Waals surface area contributed by atoms with Gasteiger partial charge in [-0.25, -0.2) is 19.4 Å². The van der Waals surface area contributed by atoms with E-state index in [2.05, 4.69) is 76.1 Å². The molecule has 2 aromatic heterocycles. The summed E-state index contributed by atoms with van der Waals surface area (Å²) in [5, 5.41) is 27.9. The number of amides is 1. The highest BCUT2D eigenvalue weighted by Gasteiger charge is 2.47. The van der Waals surface area contributed by atoms with Crippen LogP contribution in [0.15, 0.2) is 30.5 Å². The standard InChI is InChI=1S/C35H51N7O4Si/c1-23(2)13-15-42-29(18-26(20-43)40-42)39-31-37-14-12-28(38-31)24-16-25(19-36)30-27(17-24)35(9,22-45-47(10,11)34(6,7)8)21-41(30)32(44)46-33(3,4)5/h12,14,16-18,23,43H,13,15,20-22H2,1-11H3,(H,37,38,39)/t35-/m1/s1. The van der Waals surface area contributed by atoms with Gasteiger partial charge in [-0.15, -0.1) is 0 Å². The Labute approximate surface area is 280 Å². The number of rotatable bonds is 10. The lowest BCUT2D eigenvalue weighted by Crippen LogP contribution is -2.46. The number of aliphatic hydroxyl groups excluding tert-OH is 1. The summed E-state index contributed by atoms with van der Waals surface area (Å²) in [7, 11) is -2.14. The summed E-state index contributed by atoms with van der Waals surface area (Å²) >= 11 is 0. The van der Waals surface area contributed by atoms with Crippen LogP contribution >= 0.6 is 0 Å². The molecular weight excluding hydrogens is 611 g/mol. The largest absolute Gasteiger partial charge is 0.443 e. The van der Waals surface area contributed by atoms with Crippen molar-refractivity contribution < 1.29 is 19.1 Å². The number of aryl methyl sites for hydroxylation is 1. The molecule has 12 heteroatoms. The number of nitrogens with one attached hydrogen (secondary N) is 1. The second kappa shape index (κ2) is 13.4. The summed E-state index contributed by atoms with van der Waals surface area (Å²) in [5.41, 5.74) is 2.31. The maximum atomic E-state index is 13.6. The zero-order valence-electron chi connectivity index (χ0n) is 29.9. The molecule has 0 fully saturated rings. The number of anilines is 3. The number of ether oxygens (including phenoxy) is 1. The average molecular weight is 662 g/mol. The first-order chi connectivity index (χ1) is 21.8. The topological polar surface area (TPSA) is 138 Å². The van der Waals surface area contributed by atoms with Crippen molar-refractivity contribution in [1.29, 1.82) is 5.26 Å². The number of fused-ring (bicyclic) bond motifs is 1. The van der Waals surface area contributed by atoms with Crippen molar-refractivity contribution in [3.05, 3.63) is 47.3 Å². The van der Waals surface area contributed by atoms with Crippen LogP contribution in [0.2, 0.25) is 18.1 Å². The number of nitriles is 1. The van der Waals surface area contributed by atoms with E-state index in [9.17, 15) is 15.2 Å². The van der Waals surface area contributed by atoms with Crippen molar-refractivity contribution in [2.24, 2.45) is 5.92 Å². The van der Waals surface area contributed by atoms with Crippen LogP contribution in [0.5, 0.6) is 0 Å². The molecule has 4 rings (SSSR count). The molecule has 47 heavy (non-hydrogen) atoms. The Bertz CT molecular complexity index is 1650. The molecule has 3 heterocycles. The minimum Gasteiger partial charge on any atom is -0.443 e. The number of aromatic nitrogens is 4. The molecule has 0 spiro atoms. The van der Waals surface area contributed by atoms with Crippen LogP contribution < -0.4 is 10.2 Å². The highest BCUT2D eigenvalue weighted by Crippen LogP contribution is 2.47. The summed E-state index contributed by atoms with van der Waals surface area (Å²) in [5.74, 6) is 1.53. The molecule has 1 amide bonds. The van der Waals surface area contributed by atoms with Crippen LogP contribution in [0.1, 0.15) is 85.6 Å². The maximum Gasteiger partial charge on any atom is 0.414 e. The first-order valence-corrected chi connectivity index (χ1v) is 19.2. The first-order valence-electron chi connectivity index (χ1n) is 16.3. The lowest BCUT2D eigenvalue weighted by atomic mass is 9.83. The monoisotopic (exact) mass is 661 g/mol. The predicted octanol–water partition coefficient (Wildman–Crippen LogP) is 7.53. The Balaban J connectivity index is 1.77. The number of hydrogen-bond acceptors (Lipinski definition) is 9. The molecule has 3 aromatic rings. The van der Waals surface area contributed by atoms with Crippen LogP contribution in [-0.2, 0) is 27.7 Å². The van der Waals surface area contributed by atoms with Gasteiger partial charge in [-0.2, -0.15) is 10.4 Å². The zero-order valence-corrected chi connectivity index (χ0v) is 30.9. The molecule has 1 aromatic carbocycles. The van der Waals surface area contributed by atoms with E-state index in [0.29, 0.717) is 60.0 Å². The van der Waals surface area contributed by atoms with Gasteiger partial charge in [0.1, 0.15) is 17.5 Å². The summed E-state index contributed by atoms with van der Waals surface area (Å²) < 4.78 is 14.4. The summed E-state index contributed by atoms with van der Waals surface area (Å²) in [4.78, 5) is 24.4. The van der Waals surface area contributed by atoms with Crippen molar-refractivity contribution in [2.45, 2.75) is 111 Å². The molecule has 1 aliphatic heterocycles. The third-order valence-corrected chi connectivity index (χ3v) is 13.4. The van der Waals surface area contributed by atoms with Crippen LogP contribution in [-0.4, -0.2) is 58.0 Å². The van der Waals surface area contributed by atoms with Crippen LogP contribution in [0.4, 0.5) is 22.2 Å². The van der Waals surface area contributed by atoms with Gasteiger partial charge in [0.25, 0.3) is 0 Å². The molecular formula is C35H51N7O4Si. The van der Waals surface area contributed by atoms with E-state index in [1.54, 1.807) is 29.3 Å². The van der Waals surface area contributed by atoms with Crippen LogP contribution in [0.3, 0.4) is 0 Å². The lowest BCUT2D eigenvalue weighted by Gasteiger charge is -2.39. The summed E-state index contributed by atoms with van der Waals surface area (Å²) in [6, 6.07) is 9.70. The number of aliphatic hydroxyl groups is 1. The summed E-state index contributed by atoms with van der Waals surface area (Å²) in [6.45, 7) is 24.1. The molecule has 0 aliphatic carbocycles. The second-order valence-electron chi connectivity index (χ2n) is 15.7. The lowest BCUT2D eigenvalue weighted by molar-refractivity contribution is 0.0575. The van der Waals surface area contributed by atoms with E-state index in [1.165, 1.54) is 0 Å². The van der Waals surface area contributed by atoms with Crippen molar-refractivity contribution in [2.75, 3.05) is 23.4 Å². The van der Waals surface area contributed by atoms with Gasteiger partial charge < -0.3 is 19.6 Å². The highest BCUT2D eigenvalue weighted by atomic mass is 28.4. The van der Waals surface area contributed by atoms with E-state index in [1.807, 2.05) is 31.5 Å². The van der Waals surface area contributed by atoms with Gasteiger partial charge in [-0.3, -0.25) is 4.90 Å². The average Bonchev–Trinajstić information content (AvgIpc) is 3.51. The van der Waals surface area contributed by atoms with Gasteiger partial charge in [0, 0.05) is 42.9 Å². The molecule has 1 atom stereocenters. The molecule has 2 N–H and O–H groups in total. The smallest absolute Gasteiger partial charge is 0.414 e. The molecule has 0 radical (unpaired) electrons. The quantitative estimate of drug-likeness (QED) is 0.211. The van der Waals surface area contributed by atoms with Gasteiger partial charge in [0.05, 0.1) is 29.2 Å². The molecule has 0 saturated carbocycles. The second-order valence-corrected chi connectivity index (χ2v) is 20.5.